The van der Waals surface area contributed by atoms with E-state index in [0.29, 0.717) is 5.65 Å². The van der Waals surface area contributed by atoms with E-state index < -0.39 is 17.5 Å². The first-order valence-electron chi connectivity index (χ1n) is 13.1. The third-order valence-corrected chi connectivity index (χ3v) is 6.94. The molecule has 5 aromatic rings. The number of benzene rings is 2. The van der Waals surface area contributed by atoms with Gasteiger partial charge in [0.25, 0.3) is 0 Å². The number of amides is 1. The standard InChI is InChI=1S/C29H28F2N8O/c1-19-14-39-25(21-12-33-38(16-21)18-26(40)36-24-9-5-8-23(30)27(24)31)13-32-29(39)28(34-19)35-22-10-11-37(17-22)15-20-6-3-2-4-7-20/h2-9,12-14,16,22H,10-11,15,17-18H2,1H3,(H,34,35)(H,36,40). The molecule has 1 aliphatic heterocycles. The highest BCUT2D eigenvalue weighted by Gasteiger charge is 2.24. The van der Waals surface area contributed by atoms with Gasteiger partial charge in [0.2, 0.25) is 5.91 Å². The van der Waals surface area contributed by atoms with Crippen LogP contribution in [0.3, 0.4) is 0 Å². The second kappa shape index (κ2) is 10.9. The van der Waals surface area contributed by atoms with Crippen molar-refractivity contribution in [1.82, 2.24) is 29.0 Å². The maximum absolute atomic E-state index is 13.9. The molecule has 4 heterocycles. The molecule has 0 bridgehead atoms. The van der Waals surface area contributed by atoms with Crippen molar-refractivity contribution < 1.29 is 13.6 Å². The molecule has 1 atom stereocenters. The van der Waals surface area contributed by atoms with Gasteiger partial charge in [0.15, 0.2) is 23.1 Å². The van der Waals surface area contributed by atoms with Crippen molar-refractivity contribution in [3.8, 4) is 11.3 Å². The van der Waals surface area contributed by atoms with E-state index in [-0.39, 0.29) is 18.3 Å². The molecule has 2 aromatic carbocycles. The van der Waals surface area contributed by atoms with Crippen LogP contribution in [-0.2, 0) is 17.9 Å². The summed E-state index contributed by atoms with van der Waals surface area (Å²) in [6.45, 7) is 4.61. The Morgan fingerprint density at radius 1 is 1.07 bits per heavy atom. The topological polar surface area (TPSA) is 92.4 Å². The lowest BCUT2D eigenvalue weighted by Crippen LogP contribution is -2.26. The minimum atomic E-state index is -1.10. The fourth-order valence-corrected chi connectivity index (χ4v) is 5.07. The maximum Gasteiger partial charge on any atom is 0.246 e. The van der Waals surface area contributed by atoms with Gasteiger partial charge in [-0.15, -0.1) is 0 Å². The zero-order chi connectivity index (χ0) is 27.6. The van der Waals surface area contributed by atoms with E-state index in [1.165, 1.54) is 22.4 Å². The molecule has 3 aromatic heterocycles. The Balaban J connectivity index is 1.15. The predicted octanol–water partition coefficient (Wildman–Crippen LogP) is 4.50. The Labute approximate surface area is 229 Å². The highest BCUT2D eigenvalue weighted by atomic mass is 19.2. The number of nitrogens with zero attached hydrogens (tertiary/aromatic N) is 6. The summed E-state index contributed by atoms with van der Waals surface area (Å²) in [6, 6.07) is 14.3. The first-order valence-corrected chi connectivity index (χ1v) is 13.1. The molecule has 1 saturated heterocycles. The van der Waals surface area contributed by atoms with E-state index in [2.05, 4.69) is 49.9 Å². The Morgan fingerprint density at radius 3 is 2.77 bits per heavy atom. The number of carbonyl (C=O) groups is 1. The van der Waals surface area contributed by atoms with Crippen LogP contribution in [0.2, 0.25) is 0 Å². The minimum absolute atomic E-state index is 0.165. The van der Waals surface area contributed by atoms with Gasteiger partial charge in [-0.2, -0.15) is 5.10 Å². The molecule has 1 unspecified atom stereocenters. The van der Waals surface area contributed by atoms with E-state index in [0.717, 1.165) is 54.9 Å². The fraction of sp³-hybridized carbons (Fsp3) is 0.241. The number of aryl methyl sites for hydroxylation is 1. The second-order valence-corrected chi connectivity index (χ2v) is 9.99. The van der Waals surface area contributed by atoms with Crippen molar-refractivity contribution >= 4 is 23.1 Å². The molecular formula is C29H28F2N8O. The molecule has 6 rings (SSSR count). The van der Waals surface area contributed by atoms with Gasteiger partial charge in [-0.3, -0.25) is 18.8 Å². The quantitative estimate of drug-likeness (QED) is 0.300. The molecule has 11 heteroatoms. The van der Waals surface area contributed by atoms with Crippen molar-refractivity contribution in [2.24, 2.45) is 0 Å². The van der Waals surface area contributed by atoms with Crippen LogP contribution in [0.25, 0.3) is 16.9 Å². The summed E-state index contributed by atoms with van der Waals surface area (Å²) in [6.07, 6.45) is 8.03. The van der Waals surface area contributed by atoms with E-state index in [1.54, 1.807) is 18.6 Å². The van der Waals surface area contributed by atoms with Crippen molar-refractivity contribution in [1.29, 1.82) is 0 Å². The normalized spacial score (nSPS) is 15.5. The number of hydrogen-bond acceptors (Lipinski definition) is 6. The van der Waals surface area contributed by atoms with Gasteiger partial charge < -0.3 is 10.6 Å². The van der Waals surface area contributed by atoms with Crippen LogP contribution in [0.5, 0.6) is 0 Å². The van der Waals surface area contributed by atoms with Crippen LogP contribution >= 0.6 is 0 Å². The van der Waals surface area contributed by atoms with Crippen molar-refractivity contribution in [2.75, 3.05) is 23.7 Å². The molecule has 1 fully saturated rings. The molecular weight excluding hydrogens is 514 g/mol. The smallest absolute Gasteiger partial charge is 0.246 e. The summed E-state index contributed by atoms with van der Waals surface area (Å²) in [7, 11) is 0. The molecule has 0 saturated carbocycles. The van der Waals surface area contributed by atoms with Crippen molar-refractivity contribution in [3.63, 3.8) is 0 Å². The molecule has 0 radical (unpaired) electrons. The van der Waals surface area contributed by atoms with Gasteiger partial charge in [-0.1, -0.05) is 36.4 Å². The lowest BCUT2D eigenvalue weighted by molar-refractivity contribution is -0.116. The monoisotopic (exact) mass is 542 g/mol. The van der Waals surface area contributed by atoms with Crippen LogP contribution in [0.4, 0.5) is 20.3 Å². The van der Waals surface area contributed by atoms with Crippen LogP contribution in [0.15, 0.2) is 73.3 Å². The number of anilines is 2. The molecule has 40 heavy (non-hydrogen) atoms. The maximum atomic E-state index is 13.9. The molecule has 0 spiro atoms. The Kier molecular flexibility index (Phi) is 6.95. The summed E-state index contributed by atoms with van der Waals surface area (Å²) in [5.74, 6) is -1.93. The van der Waals surface area contributed by atoms with E-state index >= 15 is 0 Å². The molecule has 0 aliphatic carbocycles. The van der Waals surface area contributed by atoms with Gasteiger partial charge in [-0.25, -0.2) is 18.7 Å². The largest absolute Gasteiger partial charge is 0.363 e. The molecule has 204 valence electrons. The second-order valence-electron chi connectivity index (χ2n) is 9.99. The minimum Gasteiger partial charge on any atom is -0.363 e. The third-order valence-electron chi connectivity index (χ3n) is 6.94. The van der Waals surface area contributed by atoms with Gasteiger partial charge >= 0.3 is 0 Å². The lowest BCUT2D eigenvalue weighted by atomic mass is 10.2. The number of likely N-dealkylation sites (tertiary alicyclic amines) is 1. The highest BCUT2D eigenvalue weighted by molar-refractivity contribution is 5.90. The van der Waals surface area contributed by atoms with Crippen LogP contribution in [-0.4, -0.2) is 54.1 Å². The Bertz CT molecular complexity index is 1670. The molecule has 1 amide bonds. The Morgan fingerprint density at radius 2 is 1.93 bits per heavy atom. The average Bonchev–Trinajstić information content (AvgIpc) is 3.68. The molecule has 9 nitrogen and oxygen atoms in total. The summed E-state index contributed by atoms with van der Waals surface area (Å²) >= 11 is 0. The summed E-state index contributed by atoms with van der Waals surface area (Å²) < 4.78 is 30.8. The first-order chi connectivity index (χ1) is 19.4. The van der Waals surface area contributed by atoms with Gasteiger partial charge in [0.1, 0.15) is 6.54 Å². The van der Waals surface area contributed by atoms with E-state index in [4.69, 9.17) is 4.98 Å². The highest BCUT2D eigenvalue weighted by Crippen LogP contribution is 2.26. The SMILES string of the molecule is Cc1cn2c(-c3cnn(CC(=O)Nc4cccc(F)c4F)c3)cnc2c(NC2CCN(Cc3ccccc3)C2)n1. The number of fused-ring (bicyclic) bond motifs is 1. The number of nitrogens with one attached hydrogen (secondary N) is 2. The van der Waals surface area contributed by atoms with Crippen molar-refractivity contribution in [3.05, 3.63) is 96.2 Å². The average molecular weight is 543 g/mol. The first kappa shape index (κ1) is 25.6. The Hall–Kier alpha value is -4.64. The number of aromatic nitrogens is 5. The number of hydrogen-bond donors (Lipinski definition) is 2. The number of halogens is 2. The zero-order valence-corrected chi connectivity index (χ0v) is 21.9. The summed E-state index contributed by atoms with van der Waals surface area (Å²) in [5.41, 5.74) is 4.17. The van der Waals surface area contributed by atoms with Crippen LogP contribution < -0.4 is 10.6 Å². The van der Waals surface area contributed by atoms with E-state index in [9.17, 15) is 13.6 Å². The lowest BCUT2D eigenvalue weighted by Gasteiger charge is -2.17. The van der Waals surface area contributed by atoms with Crippen LogP contribution in [0, 0.1) is 18.6 Å². The zero-order valence-electron chi connectivity index (χ0n) is 21.9. The number of carbonyl (C=O) groups excluding carboxylic acids is 1. The van der Waals surface area contributed by atoms with Gasteiger partial charge in [0, 0.05) is 43.6 Å². The molecule has 2 N–H and O–H groups in total. The number of rotatable bonds is 8. The third kappa shape index (κ3) is 5.41. The van der Waals surface area contributed by atoms with Gasteiger partial charge in [0.05, 0.1) is 29.5 Å². The fourth-order valence-electron chi connectivity index (χ4n) is 5.07. The summed E-state index contributed by atoms with van der Waals surface area (Å²) in [4.78, 5) is 24.2. The van der Waals surface area contributed by atoms with E-state index in [1.807, 2.05) is 23.6 Å². The van der Waals surface area contributed by atoms with Crippen LogP contribution in [0.1, 0.15) is 17.7 Å². The summed E-state index contributed by atoms with van der Waals surface area (Å²) in [5, 5.41) is 10.3. The number of imidazole rings is 1. The van der Waals surface area contributed by atoms with Crippen molar-refractivity contribution in [2.45, 2.75) is 32.5 Å². The predicted molar refractivity (Wildman–Crippen MR) is 148 cm³/mol. The van der Waals surface area contributed by atoms with Gasteiger partial charge in [-0.05, 0) is 31.0 Å². The molecule has 1 aliphatic rings.